The van der Waals surface area contributed by atoms with E-state index in [0.29, 0.717) is 0 Å². The summed E-state index contributed by atoms with van der Waals surface area (Å²) in [6.45, 7) is 4.60. The standard InChI is InChI=1S/C12H17NO2/c1-3-13(2)10-5-6-11-12(9-10)15-8-4-7-14-11/h5-6,9H,3-4,7-8H2,1-2H3. The van der Waals surface area contributed by atoms with Gasteiger partial charge in [-0.3, -0.25) is 0 Å². The van der Waals surface area contributed by atoms with Crippen LogP contribution in [0.1, 0.15) is 13.3 Å². The summed E-state index contributed by atoms with van der Waals surface area (Å²) < 4.78 is 11.2. The third kappa shape index (κ3) is 2.17. The van der Waals surface area contributed by atoms with Crippen LogP contribution in [-0.2, 0) is 0 Å². The number of hydrogen-bond donors (Lipinski definition) is 0. The van der Waals surface area contributed by atoms with Gasteiger partial charge in [0, 0.05) is 31.8 Å². The third-order valence-electron chi connectivity index (χ3n) is 2.65. The number of benzene rings is 1. The highest BCUT2D eigenvalue weighted by Gasteiger charge is 2.11. The maximum absolute atomic E-state index is 5.63. The van der Waals surface area contributed by atoms with E-state index in [1.165, 1.54) is 5.69 Å². The lowest BCUT2D eigenvalue weighted by molar-refractivity contribution is 0.297. The van der Waals surface area contributed by atoms with Gasteiger partial charge in [-0.15, -0.1) is 0 Å². The van der Waals surface area contributed by atoms with Crippen LogP contribution in [0.4, 0.5) is 5.69 Å². The van der Waals surface area contributed by atoms with Crippen molar-refractivity contribution >= 4 is 5.69 Å². The van der Waals surface area contributed by atoms with E-state index >= 15 is 0 Å². The average molecular weight is 207 g/mol. The maximum atomic E-state index is 5.63. The molecule has 0 saturated heterocycles. The number of ether oxygens (including phenoxy) is 2. The Morgan fingerprint density at radius 2 is 1.93 bits per heavy atom. The summed E-state index contributed by atoms with van der Waals surface area (Å²) in [5, 5.41) is 0. The highest BCUT2D eigenvalue weighted by molar-refractivity contribution is 5.56. The van der Waals surface area contributed by atoms with Crippen molar-refractivity contribution in [2.75, 3.05) is 31.7 Å². The molecule has 0 spiro atoms. The van der Waals surface area contributed by atoms with Crippen LogP contribution in [-0.4, -0.2) is 26.8 Å². The van der Waals surface area contributed by atoms with Crippen LogP contribution in [0, 0.1) is 0 Å². The first kappa shape index (κ1) is 10.1. The monoisotopic (exact) mass is 207 g/mol. The minimum atomic E-state index is 0.742. The minimum Gasteiger partial charge on any atom is -0.490 e. The van der Waals surface area contributed by atoms with E-state index in [2.05, 4.69) is 24.9 Å². The van der Waals surface area contributed by atoms with Crippen molar-refractivity contribution in [1.29, 1.82) is 0 Å². The molecule has 1 aliphatic heterocycles. The van der Waals surface area contributed by atoms with Crippen LogP contribution in [0.15, 0.2) is 18.2 Å². The first-order chi connectivity index (χ1) is 7.31. The molecule has 3 heteroatoms. The first-order valence-corrected chi connectivity index (χ1v) is 5.42. The van der Waals surface area contributed by atoms with E-state index < -0.39 is 0 Å². The molecule has 2 rings (SSSR count). The molecule has 0 aromatic heterocycles. The fourth-order valence-corrected chi connectivity index (χ4v) is 1.57. The number of rotatable bonds is 2. The zero-order chi connectivity index (χ0) is 10.7. The Bertz CT molecular complexity index is 338. The second kappa shape index (κ2) is 4.43. The van der Waals surface area contributed by atoms with Gasteiger partial charge in [0.25, 0.3) is 0 Å². The first-order valence-electron chi connectivity index (χ1n) is 5.42. The molecule has 0 atom stereocenters. The van der Waals surface area contributed by atoms with Gasteiger partial charge in [-0.05, 0) is 19.1 Å². The van der Waals surface area contributed by atoms with Crippen LogP contribution in [0.2, 0.25) is 0 Å². The topological polar surface area (TPSA) is 21.7 Å². The predicted molar refractivity (Wildman–Crippen MR) is 61.0 cm³/mol. The van der Waals surface area contributed by atoms with Gasteiger partial charge in [0.1, 0.15) is 0 Å². The summed E-state index contributed by atoms with van der Waals surface area (Å²) in [4.78, 5) is 2.18. The molecule has 15 heavy (non-hydrogen) atoms. The third-order valence-corrected chi connectivity index (χ3v) is 2.65. The Morgan fingerprint density at radius 1 is 1.20 bits per heavy atom. The summed E-state index contributed by atoms with van der Waals surface area (Å²) in [5.41, 5.74) is 1.17. The van der Waals surface area contributed by atoms with Crippen molar-refractivity contribution in [3.8, 4) is 11.5 Å². The molecule has 1 heterocycles. The lowest BCUT2D eigenvalue weighted by atomic mass is 10.2. The lowest BCUT2D eigenvalue weighted by Gasteiger charge is -2.18. The number of hydrogen-bond acceptors (Lipinski definition) is 3. The van der Waals surface area contributed by atoms with Gasteiger partial charge in [-0.2, -0.15) is 0 Å². The molecular formula is C12H17NO2. The van der Waals surface area contributed by atoms with Crippen LogP contribution in [0.5, 0.6) is 11.5 Å². The summed E-state index contributed by atoms with van der Waals surface area (Å²) >= 11 is 0. The summed E-state index contributed by atoms with van der Waals surface area (Å²) in [5.74, 6) is 1.73. The molecule has 1 aromatic carbocycles. The molecule has 0 amide bonds. The molecular weight excluding hydrogens is 190 g/mol. The van der Waals surface area contributed by atoms with Gasteiger partial charge in [-0.1, -0.05) is 0 Å². The van der Waals surface area contributed by atoms with E-state index in [0.717, 1.165) is 37.7 Å². The summed E-state index contributed by atoms with van der Waals surface area (Å²) in [6, 6.07) is 6.10. The molecule has 0 aliphatic carbocycles. The van der Waals surface area contributed by atoms with E-state index in [9.17, 15) is 0 Å². The van der Waals surface area contributed by atoms with Crippen LogP contribution in [0.3, 0.4) is 0 Å². The molecule has 1 aromatic rings. The van der Waals surface area contributed by atoms with Crippen LogP contribution < -0.4 is 14.4 Å². The molecule has 3 nitrogen and oxygen atoms in total. The average Bonchev–Trinajstić information content (AvgIpc) is 2.51. The Hall–Kier alpha value is -1.38. The van der Waals surface area contributed by atoms with Gasteiger partial charge in [-0.25, -0.2) is 0 Å². The van der Waals surface area contributed by atoms with Gasteiger partial charge in [0.15, 0.2) is 11.5 Å². The zero-order valence-corrected chi connectivity index (χ0v) is 9.32. The van der Waals surface area contributed by atoms with Gasteiger partial charge < -0.3 is 14.4 Å². The Labute approximate surface area is 90.6 Å². The van der Waals surface area contributed by atoms with Crippen LogP contribution in [0.25, 0.3) is 0 Å². The molecule has 0 unspecified atom stereocenters. The zero-order valence-electron chi connectivity index (χ0n) is 9.32. The molecule has 0 fully saturated rings. The molecule has 82 valence electrons. The van der Waals surface area contributed by atoms with Crippen molar-refractivity contribution in [3.63, 3.8) is 0 Å². The highest BCUT2D eigenvalue weighted by Crippen LogP contribution is 2.33. The second-order valence-electron chi connectivity index (χ2n) is 3.70. The van der Waals surface area contributed by atoms with Crippen molar-refractivity contribution in [2.24, 2.45) is 0 Å². The largest absolute Gasteiger partial charge is 0.490 e. The summed E-state index contributed by atoms with van der Waals surface area (Å²) in [6.07, 6.45) is 0.952. The summed E-state index contributed by atoms with van der Waals surface area (Å²) in [7, 11) is 2.07. The van der Waals surface area contributed by atoms with Gasteiger partial charge in [0.2, 0.25) is 0 Å². The predicted octanol–water partition coefficient (Wildman–Crippen LogP) is 2.30. The molecule has 1 aliphatic rings. The maximum Gasteiger partial charge on any atom is 0.163 e. The Kier molecular flexibility index (Phi) is 2.99. The normalized spacial score (nSPS) is 14.5. The Morgan fingerprint density at radius 3 is 2.67 bits per heavy atom. The number of anilines is 1. The van der Waals surface area contributed by atoms with E-state index in [-0.39, 0.29) is 0 Å². The van der Waals surface area contributed by atoms with Crippen molar-refractivity contribution in [2.45, 2.75) is 13.3 Å². The second-order valence-corrected chi connectivity index (χ2v) is 3.70. The van der Waals surface area contributed by atoms with Crippen molar-refractivity contribution in [3.05, 3.63) is 18.2 Å². The smallest absolute Gasteiger partial charge is 0.163 e. The fraction of sp³-hybridized carbons (Fsp3) is 0.500. The number of nitrogens with zero attached hydrogens (tertiary/aromatic N) is 1. The number of fused-ring (bicyclic) bond motifs is 1. The highest BCUT2D eigenvalue weighted by atomic mass is 16.5. The minimum absolute atomic E-state index is 0.742. The van der Waals surface area contributed by atoms with E-state index in [4.69, 9.17) is 9.47 Å². The van der Waals surface area contributed by atoms with Gasteiger partial charge >= 0.3 is 0 Å². The van der Waals surface area contributed by atoms with Crippen molar-refractivity contribution in [1.82, 2.24) is 0 Å². The molecule has 0 radical (unpaired) electrons. The fourth-order valence-electron chi connectivity index (χ4n) is 1.57. The lowest BCUT2D eigenvalue weighted by Crippen LogP contribution is -2.15. The SMILES string of the molecule is CCN(C)c1ccc2c(c1)OCCCO2. The van der Waals surface area contributed by atoms with Crippen molar-refractivity contribution < 1.29 is 9.47 Å². The quantitative estimate of drug-likeness (QED) is 0.742. The molecule has 0 saturated carbocycles. The van der Waals surface area contributed by atoms with E-state index in [1.54, 1.807) is 0 Å². The Balaban J connectivity index is 2.27. The van der Waals surface area contributed by atoms with Crippen LogP contribution >= 0.6 is 0 Å². The molecule has 0 N–H and O–H groups in total. The molecule has 0 bridgehead atoms. The van der Waals surface area contributed by atoms with E-state index in [1.807, 2.05) is 12.1 Å². The van der Waals surface area contributed by atoms with Gasteiger partial charge in [0.05, 0.1) is 13.2 Å².